The summed E-state index contributed by atoms with van der Waals surface area (Å²) in [5.41, 5.74) is 0. The second-order valence-corrected chi connectivity index (χ2v) is 11.2. The van der Waals surface area contributed by atoms with Gasteiger partial charge in [0.1, 0.15) is 0 Å². The van der Waals surface area contributed by atoms with E-state index in [4.69, 9.17) is 0 Å². The standard InChI is InChI=1S/C18H27N3O5S2/c1-15(22)19-16-6-5-13-21(14-16)28(25,26)18-9-7-17(8-10-18)27(23,24)20-11-3-2-4-12-20/h7-10,16H,2-6,11-14H2,1H3,(H,19,22). The molecule has 0 bridgehead atoms. The molecule has 1 N–H and O–H groups in total. The Morgan fingerprint density at radius 2 is 1.36 bits per heavy atom. The predicted molar refractivity (Wildman–Crippen MR) is 105 cm³/mol. The molecule has 156 valence electrons. The summed E-state index contributed by atoms with van der Waals surface area (Å²) in [4.78, 5) is 11.4. The van der Waals surface area contributed by atoms with Crippen molar-refractivity contribution in [3.8, 4) is 0 Å². The molecule has 10 heteroatoms. The third-order valence-corrected chi connectivity index (χ3v) is 9.00. The van der Waals surface area contributed by atoms with Crippen LogP contribution >= 0.6 is 0 Å². The molecular formula is C18H27N3O5S2. The van der Waals surface area contributed by atoms with E-state index in [0.717, 1.165) is 25.7 Å². The molecule has 0 aromatic heterocycles. The molecule has 1 amide bonds. The van der Waals surface area contributed by atoms with Crippen molar-refractivity contribution in [3.05, 3.63) is 24.3 Å². The van der Waals surface area contributed by atoms with E-state index in [1.165, 1.54) is 39.8 Å². The molecule has 1 aromatic rings. The van der Waals surface area contributed by atoms with E-state index in [-0.39, 0.29) is 28.3 Å². The number of amides is 1. The third kappa shape index (κ3) is 4.56. The molecule has 8 nitrogen and oxygen atoms in total. The quantitative estimate of drug-likeness (QED) is 0.756. The van der Waals surface area contributed by atoms with Crippen molar-refractivity contribution >= 4 is 26.0 Å². The first-order valence-electron chi connectivity index (χ1n) is 9.59. The molecule has 1 atom stereocenters. The van der Waals surface area contributed by atoms with Gasteiger partial charge in [0.2, 0.25) is 26.0 Å². The SMILES string of the molecule is CC(=O)NC1CCCN(S(=O)(=O)c2ccc(S(=O)(=O)N3CCCCC3)cc2)C1. The topological polar surface area (TPSA) is 104 Å². The average Bonchev–Trinajstić information content (AvgIpc) is 2.68. The highest BCUT2D eigenvalue weighted by Crippen LogP contribution is 2.25. The molecule has 2 saturated heterocycles. The summed E-state index contributed by atoms with van der Waals surface area (Å²) in [6, 6.07) is 5.24. The van der Waals surface area contributed by atoms with Crippen molar-refractivity contribution in [3.63, 3.8) is 0 Å². The fraction of sp³-hybridized carbons (Fsp3) is 0.611. The molecule has 28 heavy (non-hydrogen) atoms. The van der Waals surface area contributed by atoms with E-state index in [9.17, 15) is 21.6 Å². The molecule has 1 unspecified atom stereocenters. The minimum Gasteiger partial charge on any atom is -0.352 e. The van der Waals surface area contributed by atoms with Gasteiger partial charge in [0, 0.05) is 39.1 Å². The minimum absolute atomic E-state index is 0.0635. The van der Waals surface area contributed by atoms with Gasteiger partial charge in [-0.15, -0.1) is 0 Å². The number of carbonyl (C=O) groups is 1. The average molecular weight is 430 g/mol. The van der Waals surface area contributed by atoms with Gasteiger partial charge in [-0.2, -0.15) is 8.61 Å². The van der Waals surface area contributed by atoms with E-state index < -0.39 is 20.0 Å². The largest absolute Gasteiger partial charge is 0.352 e. The summed E-state index contributed by atoms with van der Waals surface area (Å²) >= 11 is 0. The molecule has 1 aromatic carbocycles. The maximum atomic E-state index is 12.9. The lowest BCUT2D eigenvalue weighted by atomic mass is 10.1. The Labute approximate surface area is 167 Å². The van der Waals surface area contributed by atoms with Gasteiger partial charge in [-0.05, 0) is 49.9 Å². The molecule has 2 fully saturated rings. The number of rotatable bonds is 5. The van der Waals surface area contributed by atoms with Crippen LogP contribution in [0.4, 0.5) is 0 Å². The van der Waals surface area contributed by atoms with Crippen LogP contribution in [0.25, 0.3) is 0 Å². The van der Waals surface area contributed by atoms with Crippen LogP contribution in [0.5, 0.6) is 0 Å². The molecule has 0 spiro atoms. The van der Waals surface area contributed by atoms with Crippen molar-refractivity contribution in [2.75, 3.05) is 26.2 Å². The number of hydrogen-bond acceptors (Lipinski definition) is 5. The van der Waals surface area contributed by atoms with Crippen LogP contribution in [0.1, 0.15) is 39.0 Å². The molecule has 2 aliphatic rings. The Morgan fingerprint density at radius 1 is 0.857 bits per heavy atom. The lowest BCUT2D eigenvalue weighted by Crippen LogP contribution is -2.49. The van der Waals surface area contributed by atoms with Crippen LogP contribution in [-0.4, -0.2) is 63.6 Å². The number of sulfonamides is 2. The number of hydrogen-bond donors (Lipinski definition) is 1. The Bertz CT molecular complexity index is 907. The summed E-state index contributed by atoms with van der Waals surface area (Å²) in [5.74, 6) is -0.184. The lowest BCUT2D eigenvalue weighted by Gasteiger charge is -2.32. The van der Waals surface area contributed by atoms with Crippen LogP contribution < -0.4 is 5.32 Å². The van der Waals surface area contributed by atoms with E-state index in [0.29, 0.717) is 26.1 Å². The molecule has 0 saturated carbocycles. The predicted octanol–water partition coefficient (Wildman–Crippen LogP) is 1.15. The highest BCUT2D eigenvalue weighted by molar-refractivity contribution is 7.89. The van der Waals surface area contributed by atoms with Crippen LogP contribution in [-0.2, 0) is 24.8 Å². The summed E-state index contributed by atoms with van der Waals surface area (Å²) in [7, 11) is -7.34. The van der Waals surface area contributed by atoms with Gasteiger partial charge in [-0.1, -0.05) is 6.42 Å². The zero-order valence-corrected chi connectivity index (χ0v) is 17.6. The van der Waals surface area contributed by atoms with E-state index in [1.54, 1.807) is 0 Å². The Hall–Kier alpha value is -1.49. The summed E-state index contributed by atoms with van der Waals surface area (Å²) in [5, 5.41) is 2.77. The second-order valence-electron chi connectivity index (χ2n) is 7.34. The molecule has 0 aliphatic carbocycles. The summed E-state index contributed by atoms with van der Waals surface area (Å²) < 4.78 is 54.1. The Balaban J connectivity index is 1.77. The van der Waals surface area contributed by atoms with Gasteiger partial charge in [-0.25, -0.2) is 16.8 Å². The van der Waals surface area contributed by atoms with E-state index >= 15 is 0 Å². The van der Waals surface area contributed by atoms with Crippen LogP contribution in [0, 0.1) is 0 Å². The van der Waals surface area contributed by atoms with Gasteiger partial charge in [0.25, 0.3) is 0 Å². The first-order valence-corrected chi connectivity index (χ1v) is 12.5. The molecule has 3 rings (SSSR count). The van der Waals surface area contributed by atoms with Crippen molar-refractivity contribution in [1.29, 1.82) is 0 Å². The lowest BCUT2D eigenvalue weighted by molar-refractivity contribution is -0.119. The maximum Gasteiger partial charge on any atom is 0.243 e. The van der Waals surface area contributed by atoms with Crippen molar-refractivity contribution in [1.82, 2.24) is 13.9 Å². The smallest absolute Gasteiger partial charge is 0.243 e. The van der Waals surface area contributed by atoms with Gasteiger partial charge in [-0.3, -0.25) is 4.79 Å². The van der Waals surface area contributed by atoms with E-state index in [2.05, 4.69) is 5.32 Å². The monoisotopic (exact) mass is 429 g/mol. The zero-order chi connectivity index (χ0) is 20.4. The highest BCUT2D eigenvalue weighted by Gasteiger charge is 2.31. The summed E-state index contributed by atoms with van der Waals surface area (Å²) in [6.45, 7) is 3.01. The van der Waals surface area contributed by atoms with Crippen molar-refractivity contribution in [2.24, 2.45) is 0 Å². The van der Waals surface area contributed by atoms with Gasteiger partial charge >= 0.3 is 0 Å². The maximum absolute atomic E-state index is 12.9. The Kier molecular flexibility index (Phi) is 6.43. The first-order chi connectivity index (χ1) is 13.2. The van der Waals surface area contributed by atoms with Crippen molar-refractivity contribution < 1.29 is 21.6 Å². The van der Waals surface area contributed by atoms with Gasteiger partial charge in [0.05, 0.1) is 9.79 Å². The molecule has 2 aliphatic heterocycles. The van der Waals surface area contributed by atoms with Crippen LogP contribution in [0.3, 0.4) is 0 Å². The molecule has 2 heterocycles. The number of nitrogens with one attached hydrogen (secondary N) is 1. The van der Waals surface area contributed by atoms with E-state index in [1.807, 2.05) is 0 Å². The van der Waals surface area contributed by atoms with Gasteiger partial charge < -0.3 is 5.32 Å². The van der Waals surface area contributed by atoms with Crippen molar-refractivity contribution in [2.45, 2.75) is 54.9 Å². The Morgan fingerprint density at radius 3 is 1.89 bits per heavy atom. The number of carbonyl (C=O) groups excluding carboxylic acids is 1. The van der Waals surface area contributed by atoms with Gasteiger partial charge in [0.15, 0.2) is 0 Å². The zero-order valence-electron chi connectivity index (χ0n) is 16.0. The first kappa shape index (κ1) is 21.2. The minimum atomic E-state index is -3.74. The number of benzene rings is 1. The highest BCUT2D eigenvalue weighted by atomic mass is 32.2. The molecular weight excluding hydrogens is 402 g/mol. The normalized spacial score (nSPS) is 22.7. The third-order valence-electron chi connectivity index (χ3n) is 5.21. The summed E-state index contributed by atoms with van der Waals surface area (Å²) in [6.07, 6.45) is 4.11. The second kappa shape index (κ2) is 8.48. The number of piperidine rings is 2. The van der Waals surface area contributed by atoms with Crippen LogP contribution in [0.15, 0.2) is 34.1 Å². The number of nitrogens with zero attached hydrogens (tertiary/aromatic N) is 2. The molecule has 0 radical (unpaired) electrons. The fourth-order valence-electron chi connectivity index (χ4n) is 3.75. The van der Waals surface area contributed by atoms with Crippen LogP contribution in [0.2, 0.25) is 0 Å². The fourth-order valence-corrected chi connectivity index (χ4v) is 6.79.